The average Bonchev–Trinajstić information content (AvgIpc) is 3.46. The van der Waals surface area contributed by atoms with Gasteiger partial charge in [-0.1, -0.05) is 6.07 Å². The lowest BCUT2D eigenvalue weighted by molar-refractivity contribution is 0.127. The molecule has 10 heteroatoms. The van der Waals surface area contributed by atoms with Gasteiger partial charge in [-0.3, -0.25) is 9.39 Å². The number of hydrogen-bond acceptors (Lipinski definition) is 9. The SMILES string of the molecule is Cc1cc(Nc2ncnc3ccc(CC4=NCC(C)(C)O4)cc23)ccc1Oc1cc2nncn2cn1. The minimum absolute atomic E-state index is 0.241. The monoisotopic (exact) mass is 480 g/mol. The first kappa shape index (κ1) is 21.9. The van der Waals surface area contributed by atoms with Gasteiger partial charge in [0.25, 0.3) is 0 Å². The van der Waals surface area contributed by atoms with Crippen molar-refractivity contribution >= 4 is 34.0 Å². The van der Waals surface area contributed by atoms with Crippen LogP contribution in [-0.2, 0) is 11.2 Å². The van der Waals surface area contributed by atoms with Crippen molar-refractivity contribution in [2.45, 2.75) is 32.8 Å². The highest BCUT2D eigenvalue weighted by atomic mass is 16.5. The van der Waals surface area contributed by atoms with Crippen LogP contribution in [0.1, 0.15) is 25.0 Å². The summed E-state index contributed by atoms with van der Waals surface area (Å²) >= 11 is 0. The van der Waals surface area contributed by atoms with Crippen molar-refractivity contribution in [2.24, 2.45) is 4.99 Å². The summed E-state index contributed by atoms with van der Waals surface area (Å²) in [5.41, 5.74) is 4.21. The zero-order chi connectivity index (χ0) is 24.7. The Morgan fingerprint density at radius 3 is 2.81 bits per heavy atom. The molecule has 180 valence electrons. The molecule has 0 atom stereocenters. The molecule has 0 unspecified atom stereocenters. The second-order valence-electron chi connectivity index (χ2n) is 9.35. The molecule has 0 radical (unpaired) electrons. The van der Waals surface area contributed by atoms with Crippen molar-refractivity contribution < 1.29 is 9.47 Å². The Bertz CT molecular complexity index is 1630. The molecule has 1 aliphatic rings. The maximum Gasteiger partial charge on any atom is 0.224 e. The van der Waals surface area contributed by atoms with E-state index >= 15 is 0 Å². The van der Waals surface area contributed by atoms with Crippen LogP contribution in [0.4, 0.5) is 11.5 Å². The van der Waals surface area contributed by atoms with Crippen LogP contribution in [0, 0.1) is 6.92 Å². The van der Waals surface area contributed by atoms with Gasteiger partial charge in [0, 0.05) is 23.6 Å². The third-order valence-electron chi connectivity index (χ3n) is 5.90. The van der Waals surface area contributed by atoms with Crippen LogP contribution in [-0.4, -0.2) is 47.6 Å². The molecule has 0 fully saturated rings. The van der Waals surface area contributed by atoms with Crippen LogP contribution in [0.5, 0.6) is 11.6 Å². The van der Waals surface area contributed by atoms with Gasteiger partial charge >= 0.3 is 0 Å². The lowest BCUT2D eigenvalue weighted by atomic mass is 10.1. The molecule has 3 aromatic heterocycles. The van der Waals surface area contributed by atoms with Gasteiger partial charge in [-0.05, 0) is 62.2 Å². The van der Waals surface area contributed by atoms with Crippen LogP contribution >= 0.6 is 0 Å². The number of anilines is 2. The number of fused-ring (bicyclic) bond motifs is 2. The van der Waals surface area contributed by atoms with Gasteiger partial charge in [0.05, 0.1) is 12.1 Å². The standard InChI is InChI=1S/C26H24N8O2/c1-16-8-18(5-7-21(16)35-23-11-22-33-31-15-34(22)14-30-23)32-25-19-9-17(4-6-20(19)28-13-29-25)10-24-27-12-26(2,3)36-24/h4-9,11,13-15H,10,12H2,1-3H3,(H,28,29,32). The molecular formula is C26H24N8O2. The van der Waals surface area contributed by atoms with Crippen LogP contribution in [0.3, 0.4) is 0 Å². The molecule has 5 aromatic rings. The van der Waals surface area contributed by atoms with E-state index in [1.54, 1.807) is 29.4 Å². The number of benzene rings is 2. The maximum absolute atomic E-state index is 5.99. The fourth-order valence-corrected chi connectivity index (χ4v) is 4.10. The minimum Gasteiger partial charge on any atom is -0.473 e. The number of nitrogens with one attached hydrogen (secondary N) is 1. The Morgan fingerprint density at radius 2 is 1.97 bits per heavy atom. The smallest absolute Gasteiger partial charge is 0.224 e. The second-order valence-corrected chi connectivity index (χ2v) is 9.35. The van der Waals surface area contributed by atoms with Gasteiger partial charge < -0.3 is 14.8 Å². The lowest BCUT2D eigenvalue weighted by Gasteiger charge is -2.17. The Labute approximate surface area is 207 Å². The van der Waals surface area contributed by atoms with E-state index < -0.39 is 0 Å². The molecule has 10 nitrogen and oxygen atoms in total. The molecule has 0 spiro atoms. The summed E-state index contributed by atoms with van der Waals surface area (Å²) in [5, 5.41) is 12.2. The number of aryl methyl sites for hydroxylation is 1. The van der Waals surface area contributed by atoms with Crippen molar-refractivity contribution in [1.82, 2.24) is 29.5 Å². The van der Waals surface area contributed by atoms with E-state index in [4.69, 9.17) is 9.47 Å². The molecule has 0 saturated heterocycles. The Hall–Kier alpha value is -4.60. The number of aromatic nitrogens is 6. The van der Waals surface area contributed by atoms with Crippen molar-refractivity contribution in [1.29, 1.82) is 0 Å². The summed E-state index contributed by atoms with van der Waals surface area (Å²) in [5.74, 6) is 2.64. The van der Waals surface area contributed by atoms with Gasteiger partial charge in [0.1, 0.15) is 36.2 Å². The fraction of sp³-hybridized carbons (Fsp3) is 0.231. The van der Waals surface area contributed by atoms with E-state index in [1.165, 1.54) is 0 Å². The Morgan fingerprint density at radius 1 is 1.06 bits per heavy atom. The highest BCUT2D eigenvalue weighted by molar-refractivity contribution is 5.92. The van der Waals surface area contributed by atoms with E-state index in [0.29, 0.717) is 30.2 Å². The maximum atomic E-state index is 5.99. The van der Waals surface area contributed by atoms with Gasteiger partial charge in [-0.25, -0.2) is 15.0 Å². The molecule has 0 aliphatic carbocycles. The largest absolute Gasteiger partial charge is 0.473 e. The third kappa shape index (κ3) is 4.40. The molecule has 0 amide bonds. The number of nitrogens with zero attached hydrogens (tertiary/aromatic N) is 7. The van der Waals surface area contributed by atoms with E-state index in [9.17, 15) is 0 Å². The van der Waals surface area contributed by atoms with Crippen LogP contribution in [0.2, 0.25) is 0 Å². The molecule has 0 saturated carbocycles. The van der Waals surface area contributed by atoms with Gasteiger partial charge in [0.2, 0.25) is 5.88 Å². The summed E-state index contributed by atoms with van der Waals surface area (Å²) in [7, 11) is 0. The second kappa shape index (κ2) is 8.56. The lowest BCUT2D eigenvalue weighted by Crippen LogP contribution is -2.24. The van der Waals surface area contributed by atoms with Crippen LogP contribution in [0.15, 0.2) is 66.4 Å². The summed E-state index contributed by atoms with van der Waals surface area (Å²) in [6.45, 7) is 6.75. The number of aliphatic imine (C=N–C) groups is 1. The van der Waals surface area contributed by atoms with Gasteiger partial charge in [-0.2, -0.15) is 0 Å². The molecule has 1 aliphatic heterocycles. The zero-order valence-electron chi connectivity index (χ0n) is 20.1. The molecule has 36 heavy (non-hydrogen) atoms. The predicted octanol–water partition coefficient (Wildman–Crippen LogP) is 4.66. The molecule has 1 N–H and O–H groups in total. The van der Waals surface area contributed by atoms with Crippen molar-refractivity contribution in [3.05, 3.63) is 72.6 Å². The number of ether oxygens (including phenoxy) is 2. The average molecular weight is 481 g/mol. The normalized spacial score (nSPS) is 14.6. The van der Waals surface area contributed by atoms with Crippen molar-refractivity contribution in [3.63, 3.8) is 0 Å². The predicted molar refractivity (Wildman–Crippen MR) is 136 cm³/mol. The first-order valence-electron chi connectivity index (χ1n) is 11.6. The summed E-state index contributed by atoms with van der Waals surface area (Å²) < 4.78 is 13.7. The van der Waals surface area contributed by atoms with E-state index in [-0.39, 0.29) is 5.60 Å². The summed E-state index contributed by atoms with van der Waals surface area (Å²) in [4.78, 5) is 17.8. The molecule has 2 aromatic carbocycles. The Kier molecular flexibility index (Phi) is 5.21. The molecule has 6 rings (SSSR count). The quantitative estimate of drug-likeness (QED) is 0.373. The number of hydrogen-bond donors (Lipinski definition) is 1. The highest BCUT2D eigenvalue weighted by Gasteiger charge is 2.27. The van der Waals surface area contributed by atoms with Crippen molar-refractivity contribution in [3.8, 4) is 11.6 Å². The summed E-state index contributed by atoms with van der Waals surface area (Å²) in [6, 6.07) is 13.7. The van der Waals surface area contributed by atoms with Gasteiger partial charge in [-0.15, -0.1) is 10.2 Å². The van der Waals surface area contributed by atoms with Crippen LogP contribution in [0.25, 0.3) is 16.6 Å². The Balaban J connectivity index is 1.23. The third-order valence-corrected chi connectivity index (χ3v) is 5.90. The highest BCUT2D eigenvalue weighted by Crippen LogP contribution is 2.30. The van der Waals surface area contributed by atoms with E-state index in [2.05, 4.69) is 47.6 Å². The summed E-state index contributed by atoms with van der Waals surface area (Å²) in [6.07, 6.45) is 5.41. The number of rotatable bonds is 6. The molecular weight excluding hydrogens is 456 g/mol. The first-order valence-corrected chi connectivity index (χ1v) is 11.6. The van der Waals surface area contributed by atoms with Gasteiger partial charge in [0.15, 0.2) is 11.5 Å². The molecule has 4 heterocycles. The molecule has 0 bridgehead atoms. The fourth-order valence-electron chi connectivity index (χ4n) is 4.10. The first-order chi connectivity index (χ1) is 17.4. The van der Waals surface area contributed by atoms with Crippen molar-refractivity contribution in [2.75, 3.05) is 11.9 Å². The van der Waals surface area contributed by atoms with Crippen LogP contribution < -0.4 is 10.1 Å². The minimum atomic E-state index is -0.241. The van der Waals surface area contributed by atoms with E-state index in [0.717, 1.165) is 39.4 Å². The van der Waals surface area contributed by atoms with E-state index in [1.807, 2.05) is 45.0 Å². The zero-order valence-corrected chi connectivity index (χ0v) is 20.1. The topological polar surface area (TPSA) is 112 Å².